The van der Waals surface area contributed by atoms with Crippen LogP contribution in [-0.4, -0.2) is 36.5 Å². The first kappa shape index (κ1) is 20.0. The van der Waals surface area contributed by atoms with Crippen molar-refractivity contribution >= 4 is 70.2 Å². The second-order valence-corrected chi connectivity index (χ2v) is 6.86. The number of esters is 2. The third-order valence-corrected chi connectivity index (χ3v) is 5.85. The quantitative estimate of drug-likeness (QED) is 0.541. The van der Waals surface area contributed by atoms with Crippen LogP contribution in [0.25, 0.3) is 0 Å². The van der Waals surface area contributed by atoms with Crippen LogP contribution in [-0.2, 0) is 28.7 Å². The summed E-state index contributed by atoms with van der Waals surface area (Å²) in [6.45, 7) is 1.78. The van der Waals surface area contributed by atoms with E-state index in [1.54, 1.807) is 0 Å². The van der Waals surface area contributed by atoms with Crippen molar-refractivity contribution in [1.82, 2.24) is 5.32 Å². The molecule has 2 rings (SSSR count). The third-order valence-electron chi connectivity index (χ3n) is 3.88. The molecular formula is C14H11Cl4NO6. The number of amides is 2. The highest BCUT2D eigenvalue weighted by molar-refractivity contribution is 6.53. The van der Waals surface area contributed by atoms with E-state index in [0.29, 0.717) is 0 Å². The van der Waals surface area contributed by atoms with E-state index in [9.17, 15) is 19.2 Å². The van der Waals surface area contributed by atoms with Gasteiger partial charge in [0, 0.05) is 6.92 Å². The van der Waals surface area contributed by atoms with E-state index in [2.05, 4.69) is 10.1 Å². The second kappa shape index (κ2) is 7.15. The van der Waals surface area contributed by atoms with Gasteiger partial charge < -0.3 is 9.47 Å². The number of nitrogens with one attached hydrogen (secondary N) is 1. The largest absolute Gasteiger partial charge is 0.459 e. The Morgan fingerprint density at radius 3 is 2.36 bits per heavy atom. The molecule has 0 saturated carbocycles. The fraction of sp³-hybridized carbons (Fsp3) is 0.429. The molecule has 0 aromatic carbocycles. The van der Waals surface area contributed by atoms with Gasteiger partial charge in [0.2, 0.25) is 11.8 Å². The molecule has 25 heavy (non-hydrogen) atoms. The van der Waals surface area contributed by atoms with Gasteiger partial charge in [-0.1, -0.05) is 46.4 Å². The fourth-order valence-electron chi connectivity index (χ4n) is 2.76. The Morgan fingerprint density at radius 2 is 1.80 bits per heavy atom. The zero-order chi connectivity index (χ0) is 19.1. The molecule has 0 aromatic rings. The summed E-state index contributed by atoms with van der Waals surface area (Å²) in [5.41, 5.74) is -1.86. The topological polar surface area (TPSA) is 98.8 Å². The van der Waals surface area contributed by atoms with Crippen molar-refractivity contribution in [3.05, 3.63) is 20.1 Å². The van der Waals surface area contributed by atoms with Gasteiger partial charge in [-0.15, -0.1) is 0 Å². The molecular weight excluding hydrogens is 420 g/mol. The van der Waals surface area contributed by atoms with Gasteiger partial charge in [0.15, 0.2) is 6.61 Å². The van der Waals surface area contributed by atoms with Crippen molar-refractivity contribution in [2.45, 2.75) is 20.0 Å². The number of halogens is 4. The Kier molecular flexibility index (Phi) is 5.73. The van der Waals surface area contributed by atoms with Crippen LogP contribution in [0.4, 0.5) is 0 Å². The predicted molar refractivity (Wildman–Crippen MR) is 88.7 cm³/mol. The Morgan fingerprint density at radius 1 is 1.20 bits per heavy atom. The summed E-state index contributed by atoms with van der Waals surface area (Å²) in [6.07, 6.45) is -1.26. The molecule has 136 valence electrons. The van der Waals surface area contributed by atoms with Crippen molar-refractivity contribution in [2.75, 3.05) is 6.61 Å². The van der Waals surface area contributed by atoms with Gasteiger partial charge in [-0.25, -0.2) is 4.79 Å². The summed E-state index contributed by atoms with van der Waals surface area (Å²) < 4.78 is 9.66. The van der Waals surface area contributed by atoms with Crippen molar-refractivity contribution in [3.8, 4) is 0 Å². The number of carbonyl (C=O) groups is 4. The zero-order valence-electron chi connectivity index (χ0n) is 12.8. The minimum Gasteiger partial charge on any atom is -0.459 e. The number of imide groups is 1. The van der Waals surface area contributed by atoms with Crippen LogP contribution in [0.2, 0.25) is 0 Å². The highest BCUT2D eigenvalue weighted by Crippen LogP contribution is 2.57. The number of carbonyl (C=O) groups excluding carboxylic acids is 4. The molecule has 1 N–H and O–H groups in total. The van der Waals surface area contributed by atoms with Crippen LogP contribution in [0.3, 0.4) is 0 Å². The van der Waals surface area contributed by atoms with Gasteiger partial charge in [0.1, 0.15) is 11.5 Å². The van der Waals surface area contributed by atoms with Gasteiger partial charge in [-0.3, -0.25) is 19.7 Å². The molecule has 1 aliphatic carbocycles. The molecule has 0 spiro atoms. The van der Waals surface area contributed by atoms with Gasteiger partial charge in [0.05, 0.1) is 26.0 Å². The number of allylic oxidation sites excluding steroid dienone is 2. The first-order chi connectivity index (χ1) is 11.5. The fourth-order valence-corrected chi connectivity index (χ4v) is 4.13. The van der Waals surface area contributed by atoms with Crippen LogP contribution in [0.15, 0.2) is 20.1 Å². The summed E-state index contributed by atoms with van der Waals surface area (Å²) in [4.78, 5) is 47.3. The molecule has 3 unspecified atom stereocenters. The van der Waals surface area contributed by atoms with Crippen LogP contribution in [0, 0.1) is 11.3 Å². The van der Waals surface area contributed by atoms with E-state index >= 15 is 0 Å². The van der Waals surface area contributed by atoms with E-state index in [1.165, 1.54) is 6.92 Å². The summed E-state index contributed by atoms with van der Waals surface area (Å²) in [5, 5.41) is 1.24. The Balaban J connectivity index is 2.44. The van der Waals surface area contributed by atoms with Crippen molar-refractivity contribution in [3.63, 3.8) is 0 Å². The minimum absolute atomic E-state index is 0.169. The maximum Gasteiger partial charge on any atom is 0.344 e. The Hall–Kier alpha value is -1.28. The molecule has 2 amide bonds. The summed E-state index contributed by atoms with van der Waals surface area (Å²) in [6, 6.07) is 0. The lowest BCUT2D eigenvalue weighted by Crippen LogP contribution is -2.49. The molecule has 1 saturated heterocycles. The molecule has 1 heterocycles. The molecule has 0 radical (unpaired) electrons. The Labute approximate surface area is 162 Å². The molecule has 1 fully saturated rings. The number of hydrogen-bond acceptors (Lipinski definition) is 6. The summed E-state index contributed by atoms with van der Waals surface area (Å²) in [7, 11) is 0. The first-order valence-electron chi connectivity index (χ1n) is 6.84. The van der Waals surface area contributed by atoms with Crippen LogP contribution < -0.4 is 5.32 Å². The molecule has 11 heteroatoms. The number of fused-ring (bicyclic) bond motifs is 1. The SMILES string of the molecule is CC(=O)OCC(=O)OC(C)C12C(=O)NC(=O)C1C(Cl)=C(Cl)C(Cl)=C2Cl. The first-order valence-corrected chi connectivity index (χ1v) is 8.35. The monoisotopic (exact) mass is 429 g/mol. The molecule has 2 aliphatic rings. The summed E-state index contributed by atoms with van der Waals surface area (Å²) in [5.74, 6) is -4.52. The normalized spacial score (nSPS) is 27.0. The maximum atomic E-state index is 12.5. The van der Waals surface area contributed by atoms with Crippen LogP contribution >= 0.6 is 46.4 Å². The molecule has 1 aliphatic heterocycles. The number of ether oxygens (including phenoxy) is 2. The van der Waals surface area contributed by atoms with Gasteiger partial charge >= 0.3 is 11.9 Å². The minimum atomic E-state index is -1.86. The maximum absolute atomic E-state index is 12.5. The van der Waals surface area contributed by atoms with Crippen molar-refractivity contribution in [2.24, 2.45) is 11.3 Å². The van der Waals surface area contributed by atoms with Gasteiger partial charge in [0.25, 0.3) is 0 Å². The standard InChI is InChI=1S/C14H11Cl4NO6/c1-4(25-6(21)3-24-5(2)20)14-7(12(22)19-13(14)23)8(15)9(16)10(17)11(14)18/h4,7H,3H2,1-2H3,(H,19,22,23). The lowest BCUT2D eigenvalue weighted by molar-refractivity contribution is -0.166. The predicted octanol–water partition coefficient (Wildman–Crippen LogP) is 2.13. The average Bonchev–Trinajstić information content (AvgIpc) is 2.80. The lowest BCUT2D eigenvalue weighted by Gasteiger charge is -2.38. The van der Waals surface area contributed by atoms with Crippen molar-refractivity contribution < 1.29 is 28.7 Å². The smallest absolute Gasteiger partial charge is 0.344 e. The van der Waals surface area contributed by atoms with Crippen LogP contribution in [0.1, 0.15) is 13.8 Å². The molecule has 0 bridgehead atoms. The van der Waals surface area contributed by atoms with Gasteiger partial charge in [-0.05, 0) is 6.92 Å². The third kappa shape index (κ3) is 3.14. The molecule has 7 nitrogen and oxygen atoms in total. The molecule has 3 atom stereocenters. The highest BCUT2D eigenvalue weighted by Gasteiger charge is 2.65. The van der Waals surface area contributed by atoms with Crippen molar-refractivity contribution in [1.29, 1.82) is 0 Å². The lowest BCUT2D eigenvalue weighted by atomic mass is 9.70. The van der Waals surface area contributed by atoms with E-state index < -0.39 is 47.8 Å². The Bertz CT molecular complexity index is 746. The highest BCUT2D eigenvalue weighted by atomic mass is 35.5. The zero-order valence-corrected chi connectivity index (χ0v) is 15.8. The second-order valence-electron chi connectivity index (χ2n) is 5.32. The molecule has 0 aromatic heterocycles. The number of hydrogen-bond donors (Lipinski definition) is 1. The summed E-state index contributed by atoms with van der Waals surface area (Å²) >= 11 is 24.3. The van der Waals surface area contributed by atoms with Crippen LogP contribution in [0.5, 0.6) is 0 Å². The van der Waals surface area contributed by atoms with E-state index in [0.717, 1.165) is 6.92 Å². The average molecular weight is 431 g/mol. The van der Waals surface area contributed by atoms with E-state index in [1.807, 2.05) is 0 Å². The number of rotatable bonds is 4. The van der Waals surface area contributed by atoms with E-state index in [4.69, 9.17) is 51.1 Å². The van der Waals surface area contributed by atoms with Gasteiger partial charge in [-0.2, -0.15) is 0 Å². The van der Waals surface area contributed by atoms with E-state index in [-0.39, 0.29) is 20.1 Å².